The Labute approximate surface area is 207 Å². The number of fused-ring (bicyclic) bond motifs is 1. The van der Waals surface area contributed by atoms with E-state index in [2.05, 4.69) is 28.6 Å². The number of rotatable bonds is 11. The van der Waals surface area contributed by atoms with E-state index < -0.39 is 6.17 Å². The van der Waals surface area contributed by atoms with Crippen molar-refractivity contribution >= 4 is 16.9 Å². The number of likely N-dealkylation sites (tertiary alicyclic amines) is 1. The van der Waals surface area contributed by atoms with Crippen LogP contribution in [0, 0.1) is 11.8 Å². The van der Waals surface area contributed by atoms with Gasteiger partial charge in [0.05, 0.1) is 12.2 Å². The Morgan fingerprint density at radius 1 is 1.17 bits per heavy atom. The maximum absolute atomic E-state index is 13.3. The summed E-state index contributed by atoms with van der Waals surface area (Å²) in [6.45, 7) is 5.42. The molecule has 0 radical (unpaired) electrons. The van der Waals surface area contributed by atoms with Gasteiger partial charge in [0, 0.05) is 32.1 Å². The van der Waals surface area contributed by atoms with E-state index in [4.69, 9.17) is 15.5 Å². The molecule has 0 amide bonds. The molecule has 4 rings (SSSR count). The van der Waals surface area contributed by atoms with Gasteiger partial charge in [-0.3, -0.25) is 0 Å². The second kappa shape index (κ2) is 12.7. The molecule has 0 aliphatic carbocycles. The predicted octanol–water partition coefficient (Wildman–Crippen LogP) is 5.10. The molecule has 0 unspecified atom stereocenters. The van der Waals surface area contributed by atoms with Crippen molar-refractivity contribution in [1.29, 1.82) is 0 Å². The van der Waals surface area contributed by atoms with Crippen LogP contribution in [0.1, 0.15) is 62.4 Å². The predicted molar refractivity (Wildman–Crippen MR) is 138 cm³/mol. The van der Waals surface area contributed by atoms with Crippen molar-refractivity contribution in [2.45, 2.75) is 71.4 Å². The largest absolute Gasteiger partial charge is 0.382 e. The van der Waals surface area contributed by atoms with Gasteiger partial charge in [-0.15, -0.1) is 0 Å². The number of hydrogen-bond donors (Lipinski definition) is 1. The van der Waals surface area contributed by atoms with Crippen molar-refractivity contribution in [3.05, 3.63) is 53.5 Å². The summed E-state index contributed by atoms with van der Waals surface area (Å²) in [5, 5.41) is 0. The quantitative estimate of drug-likeness (QED) is 0.308. The number of hydrogen-bond acceptors (Lipinski definition) is 5. The van der Waals surface area contributed by atoms with Crippen LogP contribution in [0.5, 0.6) is 0 Å². The summed E-state index contributed by atoms with van der Waals surface area (Å²) in [7, 11) is 0. The average molecular weight is 478 g/mol. The molecule has 1 aromatic carbocycles. The Hall–Kier alpha value is -2.95. The molecule has 186 valence electrons. The summed E-state index contributed by atoms with van der Waals surface area (Å²) in [6.07, 6.45) is 7.72. The molecule has 2 N–H and O–H groups in total. The third kappa shape index (κ3) is 7.03. The van der Waals surface area contributed by atoms with Crippen LogP contribution in [0.25, 0.3) is 11.0 Å². The third-order valence-electron chi connectivity index (χ3n) is 6.34. The van der Waals surface area contributed by atoms with Crippen molar-refractivity contribution in [3.63, 3.8) is 0 Å². The topological polar surface area (TPSA) is 69.2 Å². The number of aromatic nitrogens is 3. The van der Waals surface area contributed by atoms with Crippen LogP contribution in [-0.2, 0) is 24.5 Å². The zero-order valence-corrected chi connectivity index (χ0v) is 20.7. The highest BCUT2D eigenvalue weighted by Gasteiger charge is 2.20. The standard InChI is InChI=1S/C28H36FN5O/c1-2-3-14-25-31-26-23(13-9-4-5-10-16-33-17-15-24(29)19-33)18-34(27(26)28(30)32-25)21-35-20-22-11-7-6-8-12-22/h6-8,11-12,18,24H,2-5,10,14-17,19-21H2,1H3,(H2,30,31,32)/t24-/m0/s1. The van der Waals surface area contributed by atoms with Gasteiger partial charge in [0.2, 0.25) is 0 Å². The fraction of sp³-hybridized carbons (Fsp3) is 0.500. The molecular weight excluding hydrogens is 441 g/mol. The minimum Gasteiger partial charge on any atom is -0.382 e. The molecule has 1 fully saturated rings. The Kier molecular flexibility index (Phi) is 9.10. The number of aryl methyl sites for hydroxylation is 1. The van der Waals surface area contributed by atoms with E-state index >= 15 is 0 Å². The molecule has 2 aromatic heterocycles. The Balaban J connectivity index is 1.44. The lowest BCUT2D eigenvalue weighted by Gasteiger charge is -2.13. The molecule has 0 bridgehead atoms. The lowest BCUT2D eigenvalue weighted by molar-refractivity contribution is 0.0668. The fourth-order valence-electron chi connectivity index (χ4n) is 4.44. The number of nitrogen functional groups attached to an aromatic ring is 1. The van der Waals surface area contributed by atoms with Gasteiger partial charge in [-0.25, -0.2) is 14.4 Å². The second-order valence-electron chi connectivity index (χ2n) is 9.25. The number of anilines is 1. The molecular formula is C28H36FN5O. The van der Waals surface area contributed by atoms with Crippen LogP contribution in [0.4, 0.5) is 10.2 Å². The zero-order valence-electron chi connectivity index (χ0n) is 20.7. The molecule has 6 nitrogen and oxygen atoms in total. The highest BCUT2D eigenvalue weighted by atomic mass is 19.1. The molecule has 1 aliphatic rings. The van der Waals surface area contributed by atoms with Crippen molar-refractivity contribution in [3.8, 4) is 11.8 Å². The SMILES string of the molecule is CCCCc1nc(N)c2c(n1)c(C#CCCCCN1CC[C@H](F)C1)cn2COCc1ccccc1. The molecule has 1 aliphatic heterocycles. The number of alkyl halides is 1. The van der Waals surface area contributed by atoms with E-state index in [-0.39, 0.29) is 0 Å². The van der Waals surface area contributed by atoms with Gasteiger partial charge in [0.1, 0.15) is 29.8 Å². The Morgan fingerprint density at radius 3 is 2.80 bits per heavy atom. The smallest absolute Gasteiger partial charge is 0.151 e. The van der Waals surface area contributed by atoms with Gasteiger partial charge in [0.15, 0.2) is 5.82 Å². The minimum atomic E-state index is -0.652. The molecule has 1 saturated heterocycles. The normalized spacial score (nSPS) is 16.0. The maximum atomic E-state index is 13.3. The number of benzene rings is 1. The van der Waals surface area contributed by atoms with Crippen LogP contribution >= 0.6 is 0 Å². The minimum absolute atomic E-state index is 0.348. The molecule has 35 heavy (non-hydrogen) atoms. The first-order valence-electron chi connectivity index (χ1n) is 12.8. The number of ether oxygens (including phenoxy) is 1. The van der Waals surface area contributed by atoms with E-state index in [1.807, 2.05) is 41.1 Å². The van der Waals surface area contributed by atoms with E-state index in [0.717, 1.165) is 79.6 Å². The molecule has 7 heteroatoms. The molecule has 0 spiro atoms. The summed E-state index contributed by atoms with van der Waals surface area (Å²) >= 11 is 0. The lowest BCUT2D eigenvalue weighted by Crippen LogP contribution is -2.22. The monoisotopic (exact) mass is 477 g/mol. The summed E-state index contributed by atoms with van der Waals surface area (Å²) in [4.78, 5) is 11.6. The Bertz CT molecular complexity index is 1150. The first-order valence-corrected chi connectivity index (χ1v) is 12.8. The molecule has 0 saturated carbocycles. The van der Waals surface area contributed by atoms with E-state index in [1.54, 1.807) is 0 Å². The van der Waals surface area contributed by atoms with Crippen molar-refractivity contribution in [2.24, 2.45) is 0 Å². The first kappa shape index (κ1) is 25.2. The fourth-order valence-corrected chi connectivity index (χ4v) is 4.44. The summed E-state index contributed by atoms with van der Waals surface area (Å²) < 4.78 is 21.2. The summed E-state index contributed by atoms with van der Waals surface area (Å²) in [6, 6.07) is 10.1. The molecule has 3 heterocycles. The van der Waals surface area contributed by atoms with Gasteiger partial charge < -0.3 is 19.9 Å². The van der Waals surface area contributed by atoms with Crippen molar-refractivity contribution < 1.29 is 9.13 Å². The number of halogens is 1. The third-order valence-corrected chi connectivity index (χ3v) is 6.34. The summed E-state index contributed by atoms with van der Waals surface area (Å²) in [5.41, 5.74) is 9.93. The highest BCUT2D eigenvalue weighted by molar-refractivity contribution is 5.90. The zero-order chi connectivity index (χ0) is 24.5. The van der Waals surface area contributed by atoms with Crippen LogP contribution in [0.3, 0.4) is 0 Å². The Morgan fingerprint density at radius 2 is 2.03 bits per heavy atom. The average Bonchev–Trinajstić information content (AvgIpc) is 3.44. The van der Waals surface area contributed by atoms with Crippen molar-refractivity contribution in [2.75, 3.05) is 25.4 Å². The highest BCUT2D eigenvalue weighted by Crippen LogP contribution is 2.24. The lowest BCUT2D eigenvalue weighted by atomic mass is 10.2. The van der Waals surface area contributed by atoms with Crippen LogP contribution in [-0.4, -0.2) is 45.2 Å². The summed E-state index contributed by atoms with van der Waals surface area (Å²) in [5.74, 6) is 7.85. The van der Waals surface area contributed by atoms with E-state index in [0.29, 0.717) is 32.1 Å². The van der Waals surface area contributed by atoms with E-state index in [9.17, 15) is 4.39 Å². The first-order chi connectivity index (χ1) is 17.1. The van der Waals surface area contributed by atoms with Gasteiger partial charge in [-0.1, -0.05) is 55.5 Å². The number of nitrogens with two attached hydrogens (primary N) is 1. The van der Waals surface area contributed by atoms with Gasteiger partial charge in [0.25, 0.3) is 0 Å². The van der Waals surface area contributed by atoms with Gasteiger partial charge >= 0.3 is 0 Å². The van der Waals surface area contributed by atoms with Crippen LogP contribution < -0.4 is 5.73 Å². The van der Waals surface area contributed by atoms with Crippen molar-refractivity contribution in [1.82, 2.24) is 19.4 Å². The van der Waals surface area contributed by atoms with Gasteiger partial charge in [-0.2, -0.15) is 0 Å². The van der Waals surface area contributed by atoms with Gasteiger partial charge in [-0.05, 0) is 37.8 Å². The molecule has 3 aromatic rings. The van der Waals surface area contributed by atoms with E-state index in [1.165, 1.54) is 0 Å². The number of unbranched alkanes of at least 4 members (excludes halogenated alkanes) is 3. The second-order valence-corrected chi connectivity index (χ2v) is 9.25. The maximum Gasteiger partial charge on any atom is 0.151 e. The van der Waals surface area contributed by atoms with Crippen LogP contribution in [0.2, 0.25) is 0 Å². The molecule has 1 atom stereocenters. The van der Waals surface area contributed by atoms with Crippen LogP contribution in [0.15, 0.2) is 36.5 Å². The number of nitrogens with zero attached hydrogens (tertiary/aromatic N) is 4.